The van der Waals surface area contributed by atoms with Gasteiger partial charge >= 0.3 is 0 Å². The number of fused-ring (bicyclic) bond motifs is 1. The number of aliphatic hydroxyl groups is 1. The van der Waals surface area contributed by atoms with E-state index in [-0.39, 0.29) is 11.4 Å². The van der Waals surface area contributed by atoms with E-state index in [0.29, 0.717) is 25.2 Å². The summed E-state index contributed by atoms with van der Waals surface area (Å²) >= 11 is 0. The van der Waals surface area contributed by atoms with Gasteiger partial charge in [0.25, 0.3) is 0 Å². The number of aryl methyl sites for hydroxylation is 2. The van der Waals surface area contributed by atoms with E-state index in [1.807, 2.05) is 38.1 Å². The van der Waals surface area contributed by atoms with Crippen molar-refractivity contribution in [1.29, 1.82) is 0 Å². The topological polar surface area (TPSA) is 75.6 Å². The van der Waals surface area contributed by atoms with Crippen molar-refractivity contribution in [3.8, 4) is 5.75 Å². The van der Waals surface area contributed by atoms with Gasteiger partial charge in [-0.15, -0.1) is 0 Å². The lowest BCUT2D eigenvalue weighted by Gasteiger charge is -2.33. The highest BCUT2D eigenvalue weighted by Gasteiger charge is 2.34. The summed E-state index contributed by atoms with van der Waals surface area (Å²) in [5, 5.41) is 10.9. The molecule has 1 atom stereocenters. The average molecular weight is 375 g/mol. The molecule has 0 saturated heterocycles. The predicted octanol–water partition coefficient (Wildman–Crippen LogP) is 2.59. The van der Waals surface area contributed by atoms with Crippen molar-refractivity contribution in [2.45, 2.75) is 43.6 Å². The largest absolute Gasteiger partial charge is 0.492 e. The van der Waals surface area contributed by atoms with Gasteiger partial charge in [0.15, 0.2) is 0 Å². The number of hydrogen-bond donors (Lipinski definition) is 2. The maximum atomic E-state index is 12.8. The summed E-state index contributed by atoms with van der Waals surface area (Å²) in [4.78, 5) is 0.110. The average Bonchev–Trinajstić information content (AvgIpc) is 2.62. The van der Waals surface area contributed by atoms with Crippen LogP contribution in [0.4, 0.5) is 0 Å². The summed E-state index contributed by atoms with van der Waals surface area (Å²) in [6, 6.07) is 13.0. The summed E-state index contributed by atoms with van der Waals surface area (Å²) in [6.45, 7) is 4.00. The van der Waals surface area contributed by atoms with Gasteiger partial charge in [0.05, 0.1) is 12.2 Å². The van der Waals surface area contributed by atoms with Crippen LogP contribution in [0.1, 0.15) is 30.0 Å². The molecule has 1 unspecified atom stereocenters. The fourth-order valence-electron chi connectivity index (χ4n) is 3.34. The van der Waals surface area contributed by atoms with Gasteiger partial charge in [-0.1, -0.05) is 30.3 Å². The van der Waals surface area contributed by atoms with Crippen LogP contribution >= 0.6 is 0 Å². The maximum Gasteiger partial charge on any atom is 0.244 e. The van der Waals surface area contributed by atoms with Crippen LogP contribution in [0.15, 0.2) is 47.4 Å². The van der Waals surface area contributed by atoms with E-state index >= 15 is 0 Å². The van der Waals surface area contributed by atoms with Crippen molar-refractivity contribution >= 4 is 10.0 Å². The van der Waals surface area contributed by atoms with Gasteiger partial charge in [0, 0.05) is 13.0 Å². The predicted molar refractivity (Wildman–Crippen MR) is 101 cm³/mol. The molecule has 0 saturated carbocycles. The molecular formula is C20H25NO4S. The fourth-order valence-corrected chi connectivity index (χ4v) is 4.69. The lowest BCUT2D eigenvalue weighted by Crippen LogP contribution is -2.46. The highest BCUT2D eigenvalue weighted by atomic mass is 32.2. The Morgan fingerprint density at radius 3 is 2.65 bits per heavy atom. The first-order valence-corrected chi connectivity index (χ1v) is 10.3. The zero-order valence-electron chi connectivity index (χ0n) is 15.2. The molecule has 0 radical (unpaired) electrons. The van der Waals surface area contributed by atoms with Gasteiger partial charge in [-0.25, -0.2) is 13.1 Å². The summed E-state index contributed by atoms with van der Waals surface area (Å²) in [5.41, 5.74) is 2.04. The number of nitrogens with one attached hydrogen (secondary N) is 1. The molecule has 0 aromatic heterocycles. The second-order valence-corrected chi connectivity index (χ2v) is 8.61. The maximum absolute atomic E-state index is 12.8. The number of hydrogen-bond acceptors (Lipinski definition) is 4. The minimum Gasteiger partial charge on any atom is -0.492 e. The van der Waals surface area contributed by atoms with Crippen molar-refractivity contribution in [1.82, 2.24) is 4.72 Å². The molecule has 0 amide bonds. The van der Waals surface area contributed by atoms with Gasteiger partial charge in [-0.3, -0.25) is 0 Å². The molecule has 1 aliphatic rings. The smallest absolute Gasteiger partial charge is 0.244 e. The van der Waals surface area contributed by atoms with Gasteiger partial charge in [0.2, 0.25) is 10.0 Å². The van der Waals surface area contributed by atoms with E-state index in [4.69, 9.17) is 4.74 Å². The molecule has 2 aromatic carbocycles. The first-order chi connectivity index (χ1) is 12.3. The van der Waals surface area contributed by atoms with Crippen LogP contribution in [-0.2, 0) is 22.9 Å². The number of ether oxygens (including phenoxy) is 1. The summed E-state index contributed by atoms with van der Waals surface area (Å²) in [6.07, 6.45) is 1.71. The molecule has 140 valence electrons. The second kappa shape index (κ2) is 7.39. The normalized spacial score (nSPS) is 19.8. The van der Waals surface area contributed by atoms with Crippen LogP contribution in [0.3, 0.4) is 0 Å². The number of benzene rings is 2. The van der Waals surface area contributed by atoms with E-state index < -0.39 is 15.6 Å². The van der Waals surface area contributed by atoms with E-state index in [9.17, 15) is 13.5 Å². The molecule has 2 N–H and O–H groups in total. The highest BCUT2D eigenvalue weighted by molar-refractivity contribution is 7.89. The first kappa shape index (κ1) is 18.9. The van der Waals surface area contributed by atoms with Crippen LogP contribution in [0.2, 0.25) is 0 Å². The molecule has 0 bridgehead atoms. The number of sulfonamides is 1. The summed E-state index contributed by atoms with van der Waals surface area (Å²) in [5.74, 6) is 0.326. The van der Waals surface area contributed by atoms with Crippen molar-refractivity contribution in [3.63, 3.8) is 0 Å². The minimum absolute atomic E-state index is 0.0246. The molecule has 2 aromatic rings. The SMILES string of the molecule is CCOc1ccc(C)cc1S(=O)(=O)NCC1(O)CCc2ccccc2C1. The highest BCUT2D eigenvalue weighted by Crippen LogP contribution is 2.30. The van der Waals surface area contributed by atoms with Crippen molar-refractivity contribution < 1.29 is 18.3 Å². The van der Waals surface area contributed by atoms with Gasteiger partial charge in [0.1, 0.15) is 10.6 Å². The van der Waals surface area contributed by atoms with E-state index in [1.165, 1.54) is 5.56 Å². The standard InChI is InChI=1S/C20H25NO4S/c1-3-25-18-9-8-15(2)12-19(18)26(23,24)21-14-20(22)11-10-16-6-4-5-7-17(16)13-20/h4-9,12,21-22H,3,10-11,13-14H2,1-2H3. The third kappa shape index (κ3) is 4.09. The van der Waals surface area contributed by atoms with E-state index in [0.717, 1.165) is 17.5 Å². The lowest BCUT2D eigenvalue weighted by molar-refractivity contribution is 0.0317. The summed E-state index contributed by atoms with van der Waals surface area (Å²) < 4.78 is 33.7. The van der Waals surface area contributed by atoms with Crippen molar-refractivity contribution in [2.24, 2.45) is 0 Å². The molecule has 6 heteroatoms. The van der Waals surface area contributed by atoms with E-state index in [1.54, 1.807) is 12.1 Å². The number of rotatable bonds is 6. The molecule has 0 heterocycles. The molecule has 1 aliphatic carbocycles. The second-order valence-electron chi connectivity index (χ2n) is 6.88. The summed E-state index contributed by atoms with van der Waals surface area (Å²) in [7, 11) is -3.79. The third-order valence-electron chi connectivity index (χ3n) is 4.78. The zero-order valence-corrected chi connectivity index (χ0v) is 16.0. The Morgan fingerprint density at radius 1 is 1.19 bits per heavy atom. The Labute approximate surface area is 155 Å². The monoisotopic (exact) mass is 375 g/mol. The Hall–Kier alpha value is -1.89. The Bertz CT molecular complexity index is 894. The Balaban J connectivity index is 1.78. The molecule has 0 aliphatic heterocycles. The van der Waals surface area contributed by atoms with Crippen LogP contribution in [-0.4, -0.2) is 32.3 Å². The first-order valence-electron chi connectivity index (χ1n) is 8.85. The van der Waals surface area contributed by atoms with Crippen LogP contribution in [0.5, 0.6) is 5.75 Å². The molecule has 26 heavy (non-hydrogen) atoms. The van der Waals surface area contributed by atoms with Gasteiger partial charge in [-0.05, 0) is 55.5 Å². The lowest BCUT2D eigenvalue weighted by atomic mass is 9.80. The van der Waals surface area contributed by atoms with Crippen LogP contribution in [0, 0.1) is 6.92 Å². The molecule has 5 nitrogen and oxygen atoms in total. The molecule has 3 rings (SSSR count). The Morgan fingerprint density at radius 2 is 1.92 bits per heavy atom. The molecule has 0 spiro atoms. The zero-order chi connectivity index (χ0) is 18.8. The van der Waals surface area contributed by atoms with Crippen molar-refractivity contribution in [3.05, 3.63) is 59.2 Å². The third-order valence-corrected chi connectivity index (χ3v) is 6.20. The van der Waals surface area contributed by atoms with Crippen LogP contribution in [0.25, 0.3) is 0 Å². The van der Waals surface area contributed by atoms with E-state index in [2.05, 4.69) is 10.8 Å². The van der Waals surface area contributed by atoms with Crippen LogP contribution < -0.4 is 9.46 Å². The molecule has 0 fully saturated rings. The Kier molecular flexibility index (Phi) is 5.37. The quantitative estimate of drug-likeness (QED) is 0.814. The molecular weight excluding hydrogens is 350 g/mol. The minimum atomic E-state index is -3.79. The fraction of sp³-hybridized carbons (Fsp3) is 0.400. The van der Waals surface area contributed by atoms with Gasteiger partial charge < -0.3 is 9.84 Å². The van der Waals surface area contributed by atoms with Gasteiger partial charge in [-0.2, -0.15) is 0 Å². The van der Waals surface area contributed by atoms with Crippen molar-refractivity contribution in [2.75, 3.05) is 13.2 Å².